The van der Waals surface area contributed by atoms with E-state index in [1.165, 1.54) is 11.3 Å². The number of rotatable bonds is 6. The topological polar surface area (TPSA) is 44.8 Å². The summed E-state index contributed by atoms with van der Waals surface area (Å²) in [7, 11) is 4.12. The number of nitrogens with one attached hydrogen (secondary N) is 1. The highest BCUT2D eigenvalue weighted by atomic mass is 16.5. The van der Waals surface area contributed by atoms with Crippen molar-refractivity contribution in [3.8, 4) is 0 Å². The first-order valence-corrected chi connectivity index (χ1v) is 9.48. The predicted molar refractivity (Wildman–Crippen MR) is 101 cm³/mol. The van der Waals surface area contributed by atoms with Crippen LogP contribution in [0.5, 0.6) is 0 Å². The van der Waals surface area contributed by atoms with Gasteiger partial charge in [-0.05, 0) is 56.8 Å². The highest BCUT2D eigenvalue weighted by molar-refractivity contribution is 5.81. The van der Waals surface area contributed by atoms with Crippen LogP contribution in [0, 0.1) is 0 Å². The van der Waals surface area contributed by atoms with E-state index in [0.29, 0.717) is 12.6 Å². The molecule has 0 bridgehead atoms. The number of hydrogen-bond acceptors (Lipinski definition) is 4. The maximum Gasteiger partial charge on any atom is 0.237 e. The Morgan fingerprint density at radius 3 is 2.92 bits per heavy atom. The number of ether oxygens (including phenoxy) is 1. The van der Waals surface area contributed by atoms with Crippen molar-refractivity contribution in [1.82, 2.24) is 10.2 Å². The highest BCUT2D eigenvalue weighted by Gasteiger charge is 2.33. The molecule has 0 saturated carbocycles. The summed E-state index contributed by atoms with van der Waals surface area (Å²) in [5.74, 6) is 0.117. The zero-order chi connectivity index (χ0) is 17.8. The lowest BCUT2D eigenvalue weighted by molar-refractivity contribution is -0.126. The van der Waals surface area contributed by atoms with Crippen LogP contribution in [0.4, 0.5) is 5.69 Å². The fraction of sp³-hybridized carbons (Fsp3) is 0.650. The Hall–Kier alpha value is -1.59. The molecule has 5 nitrogen and oxygen atoms in total. The van der Waals surface area contributed by atoms with Gasteiger partial charge in [0.2, 0.25) is 5.91 Å². The minimum atomic E-state index is -0.114. The molecule has 0 radical (unpaired) electrons. The normalized spacial score (nSPS) is 25.1. The van der Waals surface area contributed by atoms with E-state index < -0.39 is 0 Å². The summed E-state index contributed by atoms with van der Waals surface area (Å²) >= 11 is 0. The third kappa shape index (κ3) is 4.33. The van der Waals surface area contributed by atoms with Gasteiger partial charge in [0.25, 0.3) is 0 Å². The first-order chi connectivity index (χ1) is 12.1. The molecule has 3 rings (SSSR count). The second-order valence-corrected chi connectivity index (χ2v) is 7.44. The number of carbonyl (C=O) groups excluding carboxylic acids is 1. The number of carbonyl (C=O) groups is 1. The molecule has 2 heterocycles. The van der Waals surface area contributed by atoms with Gasteiger partial charge in [-0.2, -0.15) is 0 Å². The Labute approximate surface area is 151 Å². The monoisotopic (exact) mass is 345 g/mol. The summed E-state index contributed by atoms with van der Waals surface area (Å²) in [5, 5.41) is 3.09. The molecule has 25 heavy (non-hydrogen) atoms. The van der Waals surface area contributed by atoms with Crippen LogP contribution in [0.25, 0.3) is 0 Å². The lowest BCUT2D eigenvalue weighted by atomic mass is 10.0. The first-order valence-electron chi connectivity index (χ1n) is 9.48. The second kappa shape index (κ2) is 8.19. The maximum atomic E-state index is 12.6. The lowest BCUT2D eigenvalue weighted by Gasteiger charge is -2.31. The quantitative estimate of drug-likeness (QED) is 0.861. The fourth-order valence-electron chi connectivity index (χ4n) is 3.94. The van der Waals surface area contributed by atoms with Gasteiger partial charge in [-0.3, -0.25) is 9.69 Å². The predicted octanol–water partition coefficient (Wildman–Crippen LogP) is 2.57. The maximum absolute atomic E-state index is 12.6. The number of benzene rings is 1. The number of amides is 1. The van der Waals surface area contributed by atoms with Crippen molar-refractivity contribution < 1.29 is 9.53 Å². The molecule has 0 spiro atoms. The van der Waals surface area contributed by atoms with E-state index >= 15 is 0 Å². The fourth-order valence-corrected chi connectivity index (χ4v) is 3.94. The molecule has 2 saturated heterocycles. The first kappa shape index (κ1) is 18.2. The Morgan fingerprint density at radius 2 is 2.20 bits per heavy atom. The van der Waals surface area contributed by atoms with Gasteiger partial charge in [0.15, 0.2) is 0 Å². The number of likely N-dealkylation sites (tertiary alicyclic amines) is 1. The zero-order valence-electron chi connectivity index (χ0n) is 15.7. The molecule has 0 aromatic heterocycles. The van der Waals surface area contributed by atoms with Crippen LogP contribution in [0.3, 0.4) is 0 Å². The van der Waals surface area contributed by atoms with E-state index in [0.717, 1.165) is 38.8 Å². The minimum absolute atomic E-state index is 0.114. The molecular weight excluding hydrogens is 314 g/mol. The molecule has 3 atom stereocenters. The summed E-state index contributed by atoms with van der Waals surface area (Å²) in [6, 6.07) is 8.89. The van der Waals surface area contributed by atoms with Gasteiger partial charge >= 0.3 is 0 Å². The van der Waals surface area contributed by atoms with E-state index in [1.54, 1.807) is 0 Å². The van der Waals surface area contributed by atoms with E-state index in [2.05, 4.69) is 53.5 Å². The van der Waals surface area contributed by atoms with Crippen LogP contribution in [-0.2, 0) is 9.53 Å². The third-order valence-corrected chi connectivity index (χ3v) is 5.47. The largest absolute Gasteiger partial charge is 0.378 e. The Morgan fingerprint density at radius 1 is 1.36 bits per heavy atom. The summed E-state index contributed by atoms with van der Waals surface area (Å²) in [5.41, 5.74) is 2.52. The Balaban J connectivity index is 1.63. The molecule has 2 aliphatic rings. The van der Waals surface area contributed by atoms with Crippen molar-refractivity contribution in [1.29, 1.82) is 0 Å². The second-order valence-electron chi connectivity index (χ2n) is 7.44. The van der Waals surface area contributed by atoms with Gasteiger partial charge in [0, 0.05) is 39.0 Å². The lowest BCUT2D eigenvalue weighted by Crippen LogP contribution is -2.46. The summed E-state index contributed by atoms with van der Waals surface area (Å²) in [4.78, 5) is 17.1. The highest BCUT2D eigenvalue weighted by Crippen LogP contribution is 2.34. The van der Waals surface area contributed by atoms with Crippen molar-refractivity contribution in [2.45, 2.75) is 50.8 Å². The molecule has 2 aliphatic heterocycles. The van der Waals surface area contributed by atoms with Crippen LogP contribution in [0.2, 0.25) is 0 Å². The molecular formula is C20H31N3O2. The van der Waals surface area contributed by atoms with Crippen LogP contribution >= 0.6 is 0 Å². The Kier molecular flexibility index (Phi) is 5.97. The van der Waals surface area contributed by atoms with Crippen molar-refractivity contribution in [3.05, 3.63) is 29.8 Å². The van der Waals surface area contributed by atoms with Gasteiger partial charge in [-0.25, -0.2) is 0 Å². The van der Waals surface area contributed by atoms with E-state index in [-0.39, 0.29) is 18.1 Å². The van der Waals surface area contributed by atoms with Crippen molar-refractivity contribution in [2.75, 3.05) is 38.7 Å². The smallest absolute Gasteiger partial charge is 0.237 e. The molecule has 5 heteroatoms. The molecule has 1 N–H and O–H groups in total. The van der Waals surface area contributed by atoms with Gasteiger partial charge < -0.3 is 15.0 Å². The molecule has 0 unspecified atom stereocenters. The number of anilines is 1. The van der Waals surface area contributed by atoms with Gasteiger partial charge in [0.1, 0.15) is 0 Å². The van der Waals surface area contributed by atoms with E-state index in [4.69, 9.17) is 4.74 Å². The molecule has 1 amide bonds. The van der Waals surface area contributed by atoms with Crippen LogP contribution < -0.4 is 10.2 Å². The van der Waals surface area contributed by atoms with Crippen LogP contribution in [0.1, 0.15) is 44.2 Å². The van der Waals surface area contributed by atoms with Crippen molar-refractivity contribution >= 4 is 11.6 Å². The van der Waals surface area contributed by atoms with E-state index in [9.17, 15) is 4.79 Å². The molecule has 0 aliphatic carbocycles. The van der Waals surface area contributed by atoms with Crippen molar-refractivity contribution in [3.63, 3.8) is 0 Å². The molecule has 138 valence electrons. The third-order valence-electron chi connectivity index (χ3n) is 5.47. The van der Waals surface area contributed by atoms with E-state index in [1.807, 2.05) is 6.92 Å². The van der Waals surface area contributed by atoms with Gasteiger partial charge in [-0.15, -0.1) is 0 Å². The Bertz CT molecular complexity index is 584. The molecule has 1 aromatic rings. The van der Waals surface area contributed by atoms with Crippen LogP contribution in [-0.4, -0.2) is 56.7 Å². The van der Waals surface area contributed by atoms with Gasteiger partial charge in [-0.1, -0.05) is 12.1 Å². The molecule has 2 fully saturated rings. The zero-order valence-corrected chi connectivity index (χ0v) is 15.7. The van der Waals surface area contributed by atoms with Gasteiger partial charge in [0.05, 0.1) is 12.1 Å². The standard InChI is InChI=1S/C20H31N3O2/c1-15(20(24)21-14-18-9-6-12-25-18)23-11-5-10-19(23)16-7-4-8-17(13-16)22(2)3/h4,7-8,13,15,18-19H,5-6,9-12,14H2,1-3H3,(H,21,24)/t15-,18+,19-/m1/s1. The minimum Gasteiger partial charge on any atom is -0.378 e. The average Bonchev–Trinajstić information content (AvgIpc) is 3.30. The number of nitrogens with zero attached hydrogens (tertiary/aromatic N) is 2. The van der Waals surface area contributed by atoms with Crippen LogP contribution in [0.15, 0.2) is 24.3 Å². The summed E-state index contributed by atoms with van der Waals surface area (Å²) < 4.78 is 5.60. The SMILES string of the molecule is C[C@H](C(=O)NC[C@@H]1CCCO1)N1CCC[C@@H]1c1cccc(N(C)C)c1. The summed E-state index contributed by atoms with van der Waals surface area (Å²) in [6.07, 6.45) is 4.60. The molecule has 1 aromatic carbocycles. The van der Waals surface area contributed by atoms with Crippen molar-refractivity contribution in [2.24, 2.45) is 0 Å². The number of hydrogen-bond donors (Lipinski definition) is 1. The summed E-state index contributed by atoms with van der Waals surface area (Å²) in [6.45, 7) is 4.47. The average molecular weight is 345 g/mol.